The van der Waals surface area contributed by atoms with Crippen LogP contribution < -0.4 is 10.2 Å². The number of carbonyl (C=O) groups excluding carboxylic acids is 1. The van der Waals surface area contributed by atoms with Crippen molar-refractivity contribution in [3.63, 3.8) is 0 Å². The topological polar surface area (TPSA) is 96.7 Å². The molecule has 138 valence electrons. The maximum Gasteiger partial charge on any atom is 0.414 e. The third-order valence-corrected chi connectivity index (χ3v) is 3.74. The Labute approximate surface area is 149 Å². The van der Waals surface area contributed by atoms with Crippen LogP contribution in [0.3, 0.4) is 0 Å². The van der Waals surface area contributed by atoms with Crippen molar-refractivity contribution in [1.82, 2.24) is 10.2 Å². The average Bonchev–Trinajstić information content (AvgIpc) is 2.33. The first-order valence-electron chi connectivity index (χ1n) is 8.05. The van der Waals surface area contributed by atoms with Gasteiger partial charge in [-0.3, -0.25) is 15.5 Å². The predicted octanol–water partition coefficient (Wildman–Crippen LogP) is 2.88. The zero-order valence-corrected chi connectivity index (χ0v) is 16.0. The van der Waals surface area contributed by atoms with Crippen molar-refractivity contribution in [3.05, 3.63) is 28.8 Å². The molecule has 7 heteroatoms. The zero-order valence-electron chi connectivity index (χ0n) is 16.0. The fourth-order valence-corrected chi connectivity index (χ4v) is 3.01. The second-order valence-corrected chi connectivity index (χ2v) is 7.29. The highest BCUT2D eigenvalue weighted by Gasteiger charge is 2.31. The molecule has 0 atom stereocenters. The lowest BCUT2D eigenvalue weighted by molar-refractivity contribution is -0.118. The summed E-state index contributed by atoms with van der Waals surface area (Å²) < 4.78 is 0. The van der Waals surface area contributed by atoms with E-state index in [0.29, 0.717) is 0 Å². The molecule has 0 bridgehead atoms. The van der Waals surface area contributed by atoms with Gasteiger partial charge in [-0.1, -0.05) is 17.7 Å². The van der Waals surface area contributed by atoms with Crippen molar-refractivity contribution < 1.29 is 14.7 Å². The first-order valence-corrected chi connectivity index (χ1v) is 8.05. The highest BCUT2D eigenvalue weighted by molar-refractivity contribution is 6.03. The van der Waals surface area contributed by atoms with Crippen molar-refractivity contribution in [2.75, 3.05) is 18.5 Å². The smallest absolute Gasteiger partial charge is 0.414 e. The highest BCUT2D eigenvalue weighted by atomic mass is 16.4. The van der Waals surface area contributed by atoms with Crippen LogP contribution in [0.25, 0.3) is 0 Å². The number of hydrogen-bond acceptors (Lipinski definition) is 4. The van der Waals surface area contributed by atoms with Gasteiger partial charge in [-0.25, -0.2) is 9.69 Å². The van der Waals surface area contributed by atoms with Gasteiger partial charge >= 0.3 is 6.09 Å². The van der Waals surface area contributed by atoms with Gasteiger partial charge in [0.25, 0.3) is 0 Å². The van der Waals surface area contributed by atoms with Crippen LogP contribution in [0.2, 0.25) is 0 Å². The Hall–Kier alpha value is -2.57. The number of anilines is 1. The molecule has 0 heterocycles. The van der Waals surface area contributed by atoms with E-state index < -0.39 is 23.5 Å². The average molecular weight is 348 g/mol. The molecule has 0 aliphatic carbocycles. The van der Waals surface area contributed by atoms with Crippen molar-refractivity contribution >= 4 is 23.6 Å². The fourth-order valence-electron chi connectivity index (χ4n) is 3.01. The predicted molar refractivity (Wildman–Crippen MR) is 99.4 cm³/mol. The highest BCUT2D eigenvalue weighted by Crippen LogP contribution is 2.25. The van der Waals surface area contributed by atoms with Crippen molar-refractivity contribution in [3.8, 4) is 0 Å². The molecule has 1 aromatic carbocycles. The lowest BCUT2D eigenvalue weighted by atomic mass is 10.0. The summed E-state index contributed by atoms with van der Waals surface area (Å²) in [7, 11) is 1.80. The number of rotatable bonds is 3. The third-order valence-electron chi connectivity index (χ3n) is 3.74. The number of nitrogens with one attached hydrogen (secondary N) is 2. The number of aryl methyl sites for hydroxylation is 3. The monoisotopic (exact) mass is 348 g/mol. The molecular formula is C18H28N4O3. The Morgan fingerprint density at radius 2 is 1.64 bits per heavy atom. The summed E-state index contributed by atoms with van der Waals surface area (Å²) in [6.45, 7) is 11.0. The first kappa shape index (κ1) is 20.5. The van der Waals surface area contributed by atoms with E-state index in [1.54, 1.807) is 32.7 Å². The number of hydrogen-bond donors (Lipinski definition) is 3. The van der Waals surface area contributed by atoms with Crippen molar-refractivity contribution in [2.45, 2.75) is 47.1 Å². The number of carboxylic acid groups (broad SMARTS) is 1. The summed E-state index contributed by atoms with van der Waals surface area (Å²) in [4.78, 5) is 26.3. The van der Waals surface area contributed by atoms with Gasteiger partial charge in [-0.05, 0) is 52.7 Å². The van der Waals surface area contributed by atoms with Gasteiger partial charge in [0.05, 0.1) is 6.54 Å². The van der Waals surface area contributed by atoms with E-state index in [0.717, 1.165) is 27.3 Å². The summed E-state index contributed by atoms with van der Waals surface area (Å²) >= 11 is 0. The van der Waals surface area contributed by atoms with Crippen molar-refractivity contribution in [1.29, 1.82) is 5.41 Å². The van der Waals surface area contributed by atoms with Gasteiger partial charge in [0.1, 0.15) is 0 Å². The van der Waals surface area contributed by atoms with E-state index in [-0.39, 0.29) is 6.54 Å². The summed E-state index contributed by atoms with van der Waals surface area (Å²) in [6, 6.07) is 4.09. The van der Waals surface area contributed by atoms with Crippen LogP contribution in [0, 0.1) is 26.2 Å². The number of carbonyl (C=O) groups is 2. The summed E-state index contributed by atoms with van der Waals surface area (Å²) in [6.07, 6.45) is -1.28. The second-order valence-electron chi connectivity index (χ2n) is 7.29. The van der Waals surface area contributed by atoms with Crippen LogP contribution in [0.4, 0.5) is 10.5 Å². The minimum atomic E-state index is -1.28. The van der Waals surface area contributed by atoms with Gasteiger partial charge in [-0.15, -0.1) is 0 Å². The molecule has 1 rings (SSSR count). The summed E-state index contributed by atoms with van der Waals surface area (Å²) in [5, 5.41) is 19.6. The van der Waals surface area contributed by atoms with Crippen LogP contribution in [0.15, 0.2) is 12.1 Å². The molecular weight excluding hydrogens is 320 g/mol. The van der Waals surface area contributed by atoms with Crippen LogP contribution in [0.5, 0.6) is 0 Å². The van der Waals surface area contributed by atoms with E-state index in [9.17, 15) is 14.7 Å². The number of amides is 2. The first-order chi connectivity index (χ1) is 11.3. The molecule has 3 N–H and O–H groups in total. The molecule has 1 aromatic rings. The van der Waals surface area contributed by atoms with E-state index >= 15 is 0 Å². The minimum absolute atomic E-state index is 0.0186. The standard InChI is InChI=1S/C18H28N4O3/c1-11-8-12(2)15(13(3)9-11)21(7)10-14(23)20-16(19)22(17(24)25)18(4,5)6/h8-9H,10H2,1-7H3,(H,24,25)(H2,19,20,23). The lowest BCUT2D eigenvalue weighted by Crippen LogP contribution is -2.55. The molecule has 0 radical (unpaired) electrons. The lowest BCUT2D eigenvalue weighted by Gasteiger charge is -2.33. The van der Waals surface area contributed by atoms with E-state index in [1.807, 2.05) is 32.9 Å². The maximum absolute atomic E-state index is 12.3. The number of likely N-dealkylation sites (N-methyl/N-ethyl adjacent to an activating group) is 1. The number of nitrogens with zero attached hydrogens (tertiary/aromatic N) is 2. The Morgan fingerprint density at radius 3 is 2.04 bits per heavy atom. The van der Waals surface area contributed by atoms with Crippen molar-refractivity contribution in [2.24, 2.45) is 0 Å². The largest absolute Gasteiger partial charge is 0.465 e. The molecule has 2 amide bonds. The summed E-state index contributed by atoms with van der Waals surface area (Å²) in [5.41, 5.74) is 3.40. The van der Waals surface area contributed by atoms with E-state index in [2.05, 4.69) is 5.32 Å². The third kappa shape index (κ3) is 5.20. The molecule has 0 aliphatic heterocycles. The molecule has 0 aromatic heterocycles. The second kappa shape index (κ2) is 7.55. The van der Waals surface area contributed by atoms with Crippen LogP contribution in [0.1, 0.15) is 37.5 Å². The number of guanidine groups is 1. The zero-order chi connectivity index (χ0) is 19.5. The normalized spacial score (nSPS) is 11.0. The Bertz CT molecular complexity index is 669. The molecule has 0 saturated heterocycles. The summed E-state index contributed by atoms with van der Waals surface area (Å²) in [5.74, 6) is -0.891. The molecule has 25 heavy (non-hydrogen) atoms. The van der Waals surface area contributed by atoms with Gasteiger partial charge in [0.15, 0.2) is 0 Å². The van der Waals surface area contributed by atoms with Crippen LogP contribution in [-0.4, -0.2) is 47.1 Å². The SMILES string of the molecule is Cc1cc(C)c(N(C)CC(=O)NC(=N)N(C(=O)O)C(C)(C)C)c(C)c1. The minimum Gasteiger partial charge on any atom is -0.465 e. The van der Waals surface area contributed by atoms with Crippen LogP contribution in [-0.2, 0) is 4.79 Å². The maximum atomic E-state index is 12.3. The van der Waals surface area contributed by atoms with Crippen LogP contribution >= 0.6 is 0 Å². The van der Waals surface area contributed by atoms with E-state index in [4.69, 9.17) is 5.41 Å². The van der Waals surface area contributed by atoms with Gasteiger partial charge in [0, 0.05) is 18.3 Å². The Balaban J connectivity index is 2.86. The Kier molecular flexibility index (Phi) is 6.18. The molecule has 0 aliphatic rings. The van der Waals surface area contributed by atoms with E-state index in [1.165, 1.54) is 0 Å². The molecule has 0 saturated carbocycles. The fraction of sp³-hybridized carbons (Fsp3) is 0.500. The van der Waals surface area contributed by atoms with Gasteiger partial charge in [-0.2, -0.15) is 0 Å². The molecule has 0 unspecified atom stereocenters. The number of benzene rings is 1. The Morgan fingerprint density at radius 1 is 1.16 bits per heavy atom. The van der Waals surface area contributed by atoms with Gasteiger partial charge in [0.2, 0.25) is 11.9 Å². The molecule has 0 spiro atoms. The van der Waals surface area contributed by atoms with Gasteiger partial charge < -0.3 is 10.0 Å². The molecule has 0 fully saturated rings. The molecule has 7 nitrogen and oxygen atoms in total. The quantitative estimate of drug-likeness (QED) is 0.578.